The fourth-order valence-electron chi connectivity index (χ4n) is 4.86. The van der Waals surface area contributed by atoms with Gasteiger partial charge >= 0.3 is 0 Å². The van der Waals surface area contributed by atoms with Crippen LogP contribution in [0.25, 0.3) is 16.5 Å². The maximum absolute atomic E-state index is 13.1. The monoisotopic (exact) mass is 690 g/mol. The Morgan fingerprint density at radius 1 is 0.935 bits per heavy atom. The predicted octanol–water partition coefficient (Wildman–Crippen LogP) is 8.01. The number of hydrazone groups is 1. The quantitative estimate of drug-likeness (QED) is 0.0768. The summed E-state index contributed by atoms with van der Waals surface area (Å²) in [5, 5.41) is 19.2. The SMILES string of the molecule is C[C@@H](Sc1nnc(CNc2cccc3ccccc23)n1-c1ccccc1)C(=O)N/N=C\c1ccccc1OCc1cccc(Br)c1. The highest BCUT2D eigenvalue weighted by atomic mass is 79.9. The van der Waals surface area contributed by atoms with Crippen LogP contribution in [0.2, 0.25) is 0 Å². The number of fused-ring (bicyclic) bond motifs is 1. The Morgan fingerprint density at radius 3 is 2.57 bits per heavy atom. The van der Waals surface area contributed by atoms with E-state index in [1.807, 2.05) is 109 Å². The Kier molecular flexibility index (Phi) is 10.1. The lowest BCUT2D eigenvalue weighted by Crippen LogP contribution is -2.27. The van der Waals surface area contributed by atoms with E-state index in [1.165, 1.54) is 11.8 Å². The molecule has 1 heterocycles. The number of nitrogens with one attached hydrogen (secondary N) is 2. The van der Waals surface area contributed by atoms with Crippen LogP contribution in [0, 0.1) is 0 Å². The van der Waals surface area contributed by atoms with Gasteiger partial charge in [0.25, 0.3) is 5.91 Å². The van der Waals surface area contributed by atoms with Gasteiger partial charge in [0, 0.05) is 26.8 Å². The molecule has 0 aliphatic rings. The highest BCUT2D eigenvalue weighted by Gasteiger charge is 2.21. The predicted molar refractivity (Wildman–Crippen MR) is 189 cm³/mol. The standard InChI is InChI=1S/C36H31BrN6O2S/c1-25(35(44)41-39-22-28-13-6-8-20-33(28)45-24-26-11-9-15-29(37)21-26)46-36-42-40-34(43(36)30-16-3-2-4-17-30)23-38-32-19-10-14-27-12-5-7-18-31(27)32/h2-22,25,38H,23-24H2,1H3,(H,41,44)/b39-22-/t25-/m1/s1. The molecule has 1 aromatic heterocycles. The van der Waals surface area contributed by atoms with Crippen LogP contribution in [0.15, 0.2) is 136 Å². The van der Waals surface area contributed by atoms with Crippen LogP contribution in [0.5, 0.6) is 5.75 Å². The molecule has 0 saturated heterocycles. The molecule has 2 N–H and O–H groups in total. The van der Waals surface area contributed by atoms with Crippen molar-refractivity contribution in [3.63, 3.8) is 0 Å². The zero-order valence-electron chi connectivity index (χ0n) is 25.0. The molecule has 6 rings (SSSR count). The van der Waals surface area contributed by atoms with Crippen LogP contribution >= 0.6 is 27.7 Å². The molecule has 0 aliphatic carbocycles. The molecule has 1 atom stereocenters. The van der Waals surface area contributed by atoms with Gasteiger partial charge in [-0.2, -0.15) is 5.10 Å². The normalized spacial score (nSPS) is 11.9. The zero-order valence-corrected chi connectivity index (χ0v) is 27.4. The number of para-hydroxylation sites is 2. The van der Waals surface area contributed by atoms with Gasteiger partial charge in [0.05, 0.1) is 18.0 Å². The van der Waals surface area contributed by atoms with E-state index in [1.54, 1.807) is 6.21 Å². The minimum Gasteiger partial charge on any atom is -0.488 e. The molecule has 0 spiro atoms. The number of nitrogens with zero attached hydrogens (tertiary/aromatic N) is 4. The molecule has 0 fully saturated rings. The zero-order chi connectivity index (χ0) is 31.7. The fourth-order valence-corrected chi connectivity index (χ4v) is 6.18. The van der Waals surface area contributed by atoms with Crippen LogP contribution in [-0.2, 0) is 17.9 Å². The van der Waals surface area contributed by atoms with Gasteiger partial charge in [0.15, 0.2) is 11.0 Å². The number of ether oxygens (including phenoxy) is 1. The Hall–Kier alpha value is -4.93. The van der Waals surface area contributed by atoms with Crippen molar-refractivity contribution in [2.75, 3.05) is 5.32 Å². The number of benzene rings is 5. The Morgan fingerprint density at radius 2 is 1.70 bits per heavy atom. The van der Waals surface area contributed by atoms with Gasteiger partial charge in [0.1, 0.15) is 12.4 Å². The molecule has 1 amide bonds. The second-order valence-corrected chi connectivity index (χ2v) is 12.6. The van der Waals surface area contributed by atoms with Crippen molar-refractivity contribution in [3.8, 4) is 11.4 Å². The topological polar surface area (TPSA) is 93.4 Å². The van der Waals surface area contributed by atoms with Crippen LogP contribution in [0.3, 0.4) is 0 Å². The second kappa shape index (κ2) is 14.9. The van der Waals surface area contributed by atoms with E-state index < -0.39 is 5.25 Å². The van der Waals surface area contributed by atoms with Crippen molar-refractivity contribution >= 4 is 56.3 Å². The molecule has 10 heteroatoms. The maximum atomic E-state index is 13.1. The van der Waals surface area contributed by atoms with Gasteiger partial charge < -0.3 is 10.1 Å². The summed E-state index contributed by atoms with van der Waals surface area (Å²) in [4.78, 5) is 13.1. The minimum atomic E-state index is -0.495. The van der Waals surface area contributed by atoms with Crippen molar-refractivity contribution in [3.05, 3.63) is 143 Å². The van der Waals surface area contributed by atoms with Crippen LogP contribution in [-0.4, -0.2) is 32.1 Å². The maximum Gasteiger partial charge on any atom is 0.253 e. The number of hydrogen-bond donors (Lipinski definition) is 2. The molecule has 46 heavy (non-hydrogen) atoms. The van der Waals surface area contributed by atoms with Gasteiger partial charge in [-0.1, -0.05) is 107 Å². The fraction of sp³-hybridized carbons (Fsp3) is 0.111. The first-order valence-electron chi connectivity index (χ1n) is 14.7. The second-order valence-electron chi connectivity index (χ2n) is 10.4. The Bertz CT molecular complexity index is 1980. The number of amides is 1. The first-order chi connectivity index (χ1) is 22.5. The van der Waals surface area contributed by atoms with Gasteiger partial charge in [0.2, 0.25) is 0 Å². The molecule has 5 aromatic carbocycles. The molecule has 0 aliphatic heterocycles. The summed E-state index contributed by atoms with van der Waals surface area (Å²) in [6.07, 6.45) is 1.59. The summed E-state index contributed by atoms with van der Waals surface area (Å²) in [6, 6.07) is 39.9. The number of carbonyl (C=O) groups excluding carboxylic acids is 1. The molecule has 0 bridgehead atoms. The number of anilines is 1. The van der Waals surface area contributed by atoms with Gasteiger partial charge in [-0.25, -0.2) is 5.43 Å². The van der Waals surface area contributed by atoms with Gasteiger partial charge in [-0.15, -0.1) is 10.2 Å². The first-order valence-corrected chi connectivity index (χ1v) is 16.4. The number of hydrogen-bond acceptors (Lipinski definition) is 7. The number of rotatable bonds is 12. The molecule has 230 valence electrons. The molecule has 6 aromatic rings. The first kappa shape index (κ1) is 31.1. The third-order valence-electron chi connectivity index (χ3n) is 7.17. The summed E-state index contributed by atoms with van der Waals surface area (Å²) in [5.41, 5.74) is 6.39. The van der Waals surface area contributed by atoms with E-state index >= 15 is 0 Å². The third kappa shape index (κ3) is 7.64. The average molecular weight is 692 g/mol. The highest BCUT2D eigenvalue weighted by Crippen LogP contribution is 2.28. The van der Waals surface area contributed by atoms with Crippen molar-refractivity contribution < 1.29 is 9.53 Å². The summed E-state index contributed by atoms with van der Waals surface area (Å²) in [6.45, 7) is 2.68. The summed E-state index contributed by atoms with van der Waals surface area (Å²) in [7, 11) is 0. The average Bonchev–Trinajstić information content (AvgIpc) is 3.49. The van der Waals surface area contributed by atoms with Crippen LogP contribution in [0.4, 0.5) is 5.69 Å². The van der Waals surface area contributed by atoms with E-state index in [9.17, 15) is 4.79 Å². The number of thioether (sulfide) groups is 1. The summed E-state index contributed by atoms with van der Waals surface area (Å²) < 4.78 is 9.01. The van der Waals surface area contributed by atoms with E-state index in [-0.39, 0.29) is 5.91 Å². The largest absolute Gasteiger partial charge is 0.488 e. The molecule has 0 saturated carbocycles. The smallest absolute Gasteiger partial charge is 0.253 e. The minimum absolute atomic E-state index is 0.258. The number of aromatic nitrogens is 3. The van der Waals surface area contributed by atoms with E-state index in [0.29, 0.717) is 24.1 Å². The lowest BCUT2D eigenvalue weighted by molar-refractivity contribution is -0.120. The summed E-state index contributed by atoms with van der Waals surface area (Å²) in [5.74, 6) is 1.14. The van der Waals surface area contributed by atoms with E-state index in [2.05, 4.69) is 66.2 Å². The molecule has 0 unspecified atom stereocenters. The van der Waals surface area contributed by atoms with Crippen LogP contribution in [0.1, 0.15) is 23.9 Å². The summed E-state index contributed by atoms with van der Waals surface area (Å²) >= 11 is 4.81. The van der Waals surface area contributed by atoms with Gasteiger partial charge in [-0.3, -0.25) is 9.36 Å². The highest BCUT2D eigenvalue weighted by molar-refractivity contribution is 9.10. The molecular weight excluding hydrogens is 660 g/mol. The van der Waals surface area contributed by atoms with Crippen molar-refractivity contribution in [1.29, 1.82) is 0 Å². The number of carbonyl (C=O) groups is 1. The molecular formula is C36H31BrN6O2S. The van der Waals surface area contributed by atoms with E-state index in [4.69, 9.17) is 4.74 Å². The molecule has 0 radical (unpaired) electrons. The van der Waals surface area contributed by atoms with E-state index in [0.717, 1.165) is 43.6 Å². The van der Waals surface area contributed by atoms with Crippen molar-refractivity contribution in [1.82, 2.24) is 20.2 Å². The Labute approximate surface area is 280 Å². The Balaban J connectivity index is 1.13. The lowest BCUT2D eigenvalue weighted by Gasteiger charge is -2.14. The van der Waals surface area contributed by atoms with Crippen LogP contribution < -0.4 is 15.5 Å². The lowest BCUT2D eigenvalue weighted by atomic mass is 10.1. The van der Waals surface area contributed by atoms with Crippen molar-refractivity contribution in [2.24, 2.45) is 5.10 Å². The third-order valence-corrected chi connectivity index (χ3v) is 8.71. The van der Waals surface area contributed by atoms with Crippen molar-refractivity contribution in [2.45, 2.75) is 30.5 Å². The molecule has 8 nitrogen and oxygen atoms in total. The van der Waals surface area contributed by atoms with Gasteiger partial charge in [-0.05, 0) is 60.3 Å². The number of halogens is 1.